The molecule has 0 saturated carbocycles. The van der Waals surface area contributed by atoms with Crippen LogP contribution in [-0.2, 0) is 10.8 Å². The summed E-state index contributed by atoms with van der Waals surface area (Å²) in [5.74, 6) is -1.10. The van der Waals surface area contributed by atoms with Crippen molar-refractivity contribution in [2.24, 2.45) is 5.92 Å². The minimum Gasteiger partial charge on any atom is -0.335 e. The first-order chi connectivity index (χ1) is 10.2. The van der Waals surface area contributed by atoms with Gasteiger partial charge >= 0.3 is 6.03 Å². The molecule has 0 unspecified atom stereocenters. The molecule has 124 valence electrons. The molecule has 2 N–H and O–H groups in total. The third-order valence-electron chi connectivity index (χ3n) is 3.11. The molecule has 22 heavy (non-hydrogen) atoms. The highest BCUT2D eigenvalue weighted by Gasteiger charge is 2.22. The molecule has 2 amide bonds. The molecule has 0 fully saturated rings. The van der Waals surface area contributed by atoms with Crippen LogP contribution >= 0.6 is 0 Å². The predicted octanol–water partition coefficient (Wildman–Crippen LogP) is 2.73. The van der Waals surface area contributed by atoms with Gasteiger partial charge in [0.05, 0.1) is 6.04 Å². The fourth-order valence-corrected chi connectivity index (χ4v) is 2.95. The molecule has 0 bridgehead atoms. The van der Waals surface area contributed by atoms with Crippen molar-refractivity contribution in [1.29, 1.82) is 0 Å². The minimum atomic E-state index is -1.02. The zero-order valence-electron chi connectivity index (χ0n) is 13.2. The third-order valence-corrected chi connectivity index (χ3v) is 4.08. The van der Waals surface area contributed by atoms with Gasteiger partial charge in [-0.05, 0) is 18.9 Å². The summed E-state index contributed by atoms with van der Waals surface area (Å²) >= 11 is 0. The average molecular weight is 332 g/mol. The highest BCUT2D eigenvalue weighted by Crippen LogP contribution is 2.24. The van der Waals surface area contributed by atoms with Crippen LogP contribution in [0.25, 0.3) is 0 Å². The van der Waals surface area contributed by atoms with E-state index in [1.165, 1.54) is 6.07 Å². The molecule has 0 radical (unpaired) electrons. The van der Waals surface area contributed by atoms with E-state index >= 15 is 0 Å². The minimum absolute atomic E-state index is 0.0821. The average Bonchev–Trinajstić information content (AvgIpc) is 2.35. The quantitative estimate of drug-likeness (QED) is 0.841. The van der Waals surface area contributed by atoms with Crippen molar-refractivity contribution in [3.05, 3.63) is 35.4 Å². The summed E-state index contributed by atoms with van der Waals surface area (Å²) in [6.45, 7) is 5.40. The molecule has 0 saturated heterocycles. The highest BCUT2D eigenvalue weighted by atomic mass is 32.2. The Morgan fingerprint density at radius 3 is 2.36 bits per heavy atom. The number of hydrogen-bond donors (Lipinski definition) is 2. The van der Waals surface area contributed by atoms with E-state index in [4.69, 9.17) is 0 Å². The third kappa shape index (κ3) is 5.71. The Morgan fingerprint density at radius 1 is 1.23 bits per heavy atom. The second-order valence-corrected chi connectivity index (χ2v) is 7.13. The Kier molecular flexibility index (Phi) is 6.93. The van der Waals surface area contributed by atoms with Crippen LogP contribution in [0, 0.1) is 17.6 Å². The molecule has 1 aromatic carbocycles. The summed E-state index contributed by atoms with van der Waals surface area (Å²) in [5.41, 5.74) is 0.235. The topological polar surface area (TPSA) is 58.2 Å². The molecular formula is C15H22F2N2O2S. The summed E-state index contributed by atoms with van der Waals surface area (Å²) in [4.78, 5) is 12.0. The van der Waals surface area contributed by atoms with Crippen molar-refractivity contribution in [3.63, 3.8) is 0 Å². The van der Waals surface area contributed by atoms with Crippen LogP contribution in [0.1, 0.15) is 32.4 Å². The van der Waals surface area contributed by atoms with Gasteiger partial charge in [0.15, 0.2) is 0 Å². The molecule has 0 spiro atoms. The van der Waals surface area contributed by atoms with Gasteiger partial charge in [-0.3, -0.25) is 4.21 Å². The molecule has 0 heterocycles. The van der Waals surface area contributed by atoms with E-state index in [1.54, 1.807) is 13.2 Å². The number of halogens is 2. The Hall–Kier alpha value is -1.50. The molecule has 7 heteroatoms. The van der Waals surface area contributed by atoms with Gasteiger partial charge in [0.2, 0.25) is 0 Å². The number of hydrogen-bond acceptors (Lipinski definition) is 2. The fraction of sp³-hybridized carbons (Fsp3) is 0.533. The van der Waals surface area contributed by atoms with Gasteiger partial charge in [-0.1, -0.05) is 19.9 Å². The number of amides is 2. The highest BCUT2D eigenvalue weighted by molar-refractivity contribution is 7.84. The Bertz CT molecular complexity index is 552. The van der Waals surface area contributed by atoms with Gasteiger partial charge in [-0.2, -0.15) is 0 Å². The van der Waals surface area contributed by atoms with Gasteiger partial charge in [-0.15, -0.1) is 0 Å². The van der Waals surface area contributed by atoms with Gasteiger partial charge in [-0.25, -0.2) is 13.6 Å². The normalized spacial score (nSPS) is 15.2. The first-order valence-electron chi connectivity index (χ1n) is 7.02. The van der Waals surface area contributed by atoms with Crippen molar-refractivity contribution < 1.29 is 17.8 Å². The number of carbonyl (C=O) groups is 1. The molecule has 0 aliphatic heterocycles. The first kappa shape index (κ1) is 18.5. The largest absolute Gasteiger partial charge is 0.335 e. The number of nitrogens with one attached hydrogen (secondary N) is 2. The standard InChI is InChI=1S/C15H22F2N2O2S/c1-9(2)14(12-6-5-11(16)7-13(12)17)19-15(20)18-10(3)8-22(4)21/h5-7,9-10,14H,8H2,1-4H3,(H2,18,19,20)/t10-,14+,22+/m1/s1. The molecule has 1 rings (SSSR count). The summed E-state index contributed by atoms with van der Waals surface area (Å²) in [6.07, 6.45) is 1.56. The van der Waals surface area contributed by atoms with Crippen molar-refractivity contribution in [2.75, 3.05) is 12.0 Å². The van der Waals surface area contributed by atoms with Crippen LogP contribution in [0.3, 0.4) is 0 Å². The van der Waals surface area contributed by atoms with E-state index in [2.05, 4.69) is 10.6 Å². The first-order valence-corrected chi connectivity index (χ1v) is 8.75. The summed E-state index contributed by atoms with van der Waals surface area (Å²) in [5, 5.41) is 5.34. The molecule has 1 aromatic rings. The molecule has 4 nitrogen and oxygen atoms in total. The van der Waals surface area contributed by atoms with Crippen molar-refractivity contribution >= 4 is 16.8 Å². The van der Waals surface area contributed by atoms with Crippen molar-refractivity contribution in [1.82, 2.24) is 10.6 Å². The molecule has 0 aliphatic carbocycles. The molecule has 0 aromatic heterocycles. The van der Waals surface area contributed by atoms with Crippen LogP contribution in [0.15, 0.2) is 18.2 Å². The molecule has 3 atom stereocenters. The summed E-state index contributed by atoms with van der Waals surface area (Å²) < 4.78 is 38.0. The zero-order chi connectivity index (χ0) is 16.9. The monoisotopic (exact) mass is 332 g/mol. The summed E-state index contributed by atoms with van der Waals surface area (Å²) in [7, 11) is -1.02. The van der Waals surface area contributed by atoms with Crippen LogP contribution < -0.4 is 10.6 Å². The van der Waals surface area contributed by atoms with Crippen LogP contribution in [0.4, 0.5) is 13.6 Å². The predicted molar refractivity (Wildman–Crippen MR) is 84.0 cm³/mol. The smallest absolute Gasteiger partial charge is 0.315 e. The van der Waals surface area contributed by atoms with Gasteiger partial charge in [0, 0.05) is 40.5 Å². The number of rotatable bonds is 6. The second kappa shape index (κ2) is 8.22. The lowest BCUT2D eigenvalue weighted by atomic mass is 9.95. The summed E-state index contributed by atoms with van der Waals surface area (Å²) in [6, 6.07) is 1.97. The Morgan fingerprint density at radius 2 is 1.86 bits per heavy atom. The SMILES string of the molecule is CC(C)[C@H](NC(=O)N[C@H](C)C[S@](C)=O)c1ccc(F)cc1F. The number of carbonyl (C=O) groups excluding carboxylic acids is 1. The number of urea groups is 1. The lowest BCUT2D eigenvalue weighted by Gasteiger charge is -2.24. The van der Waals surface area contributed by atoms with Gasteiger partial charge < -0.3 is 10.6 Å². The van der Waals surface area contributed by atoms with E-state index in [0.29, 0.717) is 5.75 Å². The Balaban J connectivity index is 2.80. The van der Waals surface area contributed by atoms with Gasteiger partial charge in [0.1, 0.15) is 11.6 Å². The second-order valence-electron chi connectivity index (χ2n) is 5.65. The van der Waals surface area contributed by atoms with Crippen molar-refractivity contribution in [3.8, 4) is 0 Å². The Labute approximate surface area is 132 Å². The maximum absolute atomic E-state index is 13.9. The molecule has 0 aliphatic rings. The lowest BCUT2D eigenvalue weighted by Crippen LogP contribution is -2.45. The fourth-order valence-electron chi connectivity index (χ4n) is 2.16. The lowest BCUT2D eigenvalue weighted by molar-refractivity contribution is 0.230. The van der Waals surface area contributed by atoms with Crippen LogP contribution in [-0.4, -0.2) is 28.3 Å². The van der Waals surface area contributed by atoms with Crippen LogP contribution in [0.2, 0.25) is 0 Å². The van der Waals surface area contributed by atoms with Crippen LogP contribution in [0.5, 0.6) is 0 Å². The van der Waals surface area contributed by atoms with E-state index in [1.807, 2.05) is 13.8 Å². The maximum atomic E-state index is 13.9. The van der Waals surface area contributed by atoms with Crippen molar-refractivity contribution in [2.45, 2.75) is 32.9 Å². The van der Waals surface area contributed by atoms with E-state index in [9.17, 15) is 17.8 Å². The zero-order valence-corrected chi connectivity index (χ0v) is 14.0. The van der Waals surface area contributed by atoms with E-state index in [0.717, 1.165) is 12.1 Å². The van der Waals surface area contributed by atoms with E-state index in [-0.39, 0.29) is 17.5 Å². The number of benzene rings is 1. The molecular weight excluding hydrogens is 310 g/mol. The van der Waals surface area contributed by atoms with E-state index < -0.39 is 34.5 Å². The van der Waals surface area contributed by atoms with Gasteiger partial charge in [0.25, 0.3) is 0 Å². The maximum Gasteiger partial charge on any atom is 0.315 e.